The summed E-state index contributed by atoms with van der Waals surface area (Å²) in [7, 11) is -3.56. The lowest BCUT2D eigenvalue weighted by molar-refractivity contribution is 0.0987. The maximum absolute atomic E-state index is 13.6. The van der Waals surface area contributed by atoms with Crippen LogP contribution in [0.4, 0.5) is 17.1 Å². The molecule has 0 spiro atoms. The molecular formula is C26H26N4O3S. The summed E-state index contributed by atoms with van der Waals surface area (Å²) in [5.74, 6) is -0.174. The number of aromatic amines is 1. The molecule has 8 heteroatoms. The number of benzene rings is 3. The molecule has 1 aromatic heterocycles. The Hall–Kier alpha value is -3.78. The zero-order valence-corrected chi connectivity index (χ0v) is 19.8. The second kappa shape index (κ2) is 8.53. The molecule has 0 bridgehead atoms. The Kier molecular flexibility index (Phi) is 5.53. The number of hydrogen-bond donors (Lipinski definition) is 3. The first-order valence-electron chi connectivity index (χ1n) is 11.2. The van der Waals surface area contributed by atoms with Gasteiger partial charge in [0.1, 0.15) is 0 Å². The van der Waals surface area contributed by atoms with Crippen molar-refractivity contribution >= 4 is 43.9 Å². The number of amides is 1. The van der Waals surface area contributed by atoms with E-state index in [-0.39, 0.29) is 11.9 Å². The zero-order chi connectivity index (χ0) is 23.9. The van der Waals surface area contributed by atoms with Gasteiger partial charge in [-0.05, 0) is 66.8 Å². The van der Waals surface area contributed by atoms with Crippen molar-refractivity contribution in [2.45, 2.75) is 19.4 Å². The Morgan fingerprint density at radius 3 is 2.71 bits per heavy atom. The number of carbonyl (C=O) groups is 1. The summed E-state index contributed by atoms with van der Waals surface area (Å²) in [6.45, 7) is 2.65. The number of nitrogens with one attached hydrogen (secondary N) is 3. The van der Waals surface area contributed by atoms with Gasteiger partial charge in [0.05, 0.1) is 23.3 Å². The first-order chi connectivity index (χ1) is 16.3. The fourth-order valence-corrected chi connectivity index (χ4v) is 4.98. The molecule has 0 fully saturated rings. The summed E-state index contributed by atoms with van der Waals surface area (Å²) in [5, 5.41) is 4.48. The summed E-state index contributed by atoms with van der Waals surface area (Å²) in [6.07, 6.45) is 3.77. The number of H-pyrrole nitrogens is 1. The lowest BCUT2D eigenvalue weighted by Crippen LogP contribution is -2.32. The lowest BCUT2D eigenvalue weighted by Gasteiger charge is -2.23. The predicted octanol–water partition coefficient (Wildman–Crippen LogP) is 5.06. The fourth-order valence-electron chi connectivity index (χ4n) is 4.41. The minimum absolute atomic E-state index is 0.174. The first kappa shape index (κ1) is 22.0. The molecular weight excluding hydrogens is 448 g/mol. The van der Waals surface area contributed by atoms with Crippen molar-refractivity contribution in [3.8, 4) is 11.1 Å². The number of fused-ring (bicyclic) bond motifs is 2. The van der Waals surface area contributed by atoms with Crippen LogP contribution in [-0.4, -0.2) is 38.2 Å². The van der Waals surface area contributed by atoms with Crippen molar-refractivity contribution in [2.24, 2.45) is 0 Å². The Labute approximate surface area is 198 Å². The molecule has 0 radical (unpaired) electrons. The van der Waals surface area contributed by atoms with Crippen molar-refractivity contribution in [3.05, 3.63) is 78.5 Å². The van der Waals surface area contributed by atoms with E-state index in [1.807, 2.05) is 54.7 Å². The SMILES string of the molecule is C[C@H]1CCN(C(=O)c2ccc(-c3ccc4[nH]ccc4c3)c(NS(C)(=O)=O)c2)c2ccccc2N1. The third-order valence-electron chi connectivity index (χ3n) is 6.05. The van der Waals surface area contributed by atoms with Crippen LogP contribution in [0.2, 0.25) is 0 Å². The molecule has 5 rings (SSSR count). The first-order valence-corrected chi connectivity index (χ1v) is 13.0. The Morgan fingerprint density at radius 2 is 1.88 bits per heavy atom. The van der Waals surface area contributed by atoms with Gasteiger partial charge in [0.25, 0.3) is 5.91 Å². The molecule has 2 heterocycles. The molecule has 1 atom stereocenters. The number of carbonyl (C=O) groups excluding carboxylic acids is 1. The maximum Gasteiger partial charge on any atom is 0.258 e. The Morgan fingerprint density at radius 1 is 1.06 bits per heavy atom. The topological polar surface area (TPSA) is 94.3 Å². The van der Waals surface area contributed by atoms with Crippen LogP contribution >= 0.6 is 0 Å². The molecule has 174 valence electrons. The maximum atomic E-state index is 13.6. The average molecular weight is 475 g/mol. The highest BCUT2D eigenvalue weighted by Crippen LogP contribution is 2.34. The third-order valence-corrected chi connectivity index (χ3v) is 6.64. The summed E-state index contributed by atoms with van der Waals surface area (Å²) >= 11 is 0. The minimum atomic E-state index is -3.56. The van der Waals surface area contributed by atoms with E-state index < -0.39 is 10.0 Å². The molecule has 3 N–H and O–H groups in total. The molecule has 3 aromatic carbocycles. The highest BCUT2D eigenvalue weighted by molar-refractivity contribution is 7.92. The number of anilines is 3. The van der Waals surface area contributed by atoms with Crippen LogP contribution in [0.3, 0.4) is 0 Å². The van der Waals surface area contributed by atoms with Crippen molar-refractivity contribution in [1.29, 1.82) is 0 Å². The molecule has 1 amide bonds. The van der Waals surface area contributed by atoms with Gasteiger partial charge < -0.3 is 15.2 Å². The number of aromatic nitrogens is 1. The van der Waals surface area contributed by atoms with E-state index in [1.54, 1.807) is 23.1 Å². The van der Waals surface area contributed by atoms with Crippen LogP contribution < -0.4 is 14.9 Å². The van der Waals surface area contributed by atoms with Gasteiger partial charge >= 0.3 is 0 Å². The van der Waals surface area contributed by atoms with E-state index in [1.165, 1.54) is 0 Å². The Bertz CT molecular complexity index is 1490. The molecule has 1 aliphatic rings. The molecule has 4 aromatic rings. The normalized spacial score (nSPS) is 15.9. The zero-order valence-electron chi connectivity index (χ0n) is 19.0. The molecule has 34 heavy (non-hydrogen) atoms. The molecule has 0 unspecified atom stereocenters. The molecule has 0 aliphatic carbocycles. The van der Waals surface area contributed by atoms with Gasteiger partial charge in [0.2, 0.25) is 10.0 Å². The number of nitrogens with zero attached hydrogens (tertiary/aromatic N) is 1. The minimum Gasteiger partial charge on any atom is -0.381 e. The van der Waals surface area contributed by atoms with Crippen LogP contribution in [0.1, 0.15) is 23.7 Å². The van der Waals surface area contributed by atoms with E-state index in [0.717, 1.165) is 40.5 Å². The summed E-state index contributed by atoms with van der Waals surface area (Å²) < 4.78 is 26.9. The standard InChI is InChI=1S/C26H26N4O3S/c1-17-12-14-30(25-6-4-3-5-23(25)28-17)26(31)20-7-9-21(24(16-20)29-34(2,32)33)18-8-10-22-19(15-18)11-13-27-22/h3-11,13,15-17,27-29H,12,14H2,1-2H3/t17-/m0/s1. The third kappa shape index (κ3) is 4.36. The highest BCUT2D eigenvalue weighted by Gasteiger charge is 2.25. The molecule has 1 aliphatic heterocycles. The largest absolute Gasteiger partial charge is 0.381 e. The Balaban J connectivity index is 1.57. The second-order valence-electron chi connectivity index (χ2n) is 8.72. The summed E-state index contributed by atoms with van der Waals surface area (Å²) in [5.41, 5.74) is 5.07. The number of hydrogen-bond acceptors (Lipinski definition) is 4. The molecule has 0 saturated carbocycles. The van der Waals surface area contributed by atoms with Crippen LogP contribution in [0.15, 0.2) is 72.9 Å². The van der Waals surface area contributed by atoms with E-state index in [9.17, 15) is 13.2 Å². The van der Waals surface area contributed by atoms with E-state index in [4.69, 9.17) is 0 Å². The number of rotatable bonds is 4. The summed E-state index contributed by atoms with van der Waals surface area (Å²) in [4.78, 5) is 18.6. The van der Waals surface area contributed by atoms with Gasteiger partial charge in [-0.2, -0.15) is 0 Å². The monoisotopic (exact) mass is 474 g/mol. The smallest absolute Gasteiger partial charge is 0.258 e. The molecule has 0 saturated heterocycles. The van der Waals surface area contributed by atoms with E-state index in [0.29, 0.717) is 23.4 Å². The van der Waals surface area contributed by atoms with Gasteiger partial charge in [-0.3, -0.25) is 9.52 Å². The van der Waals surface area contributed by atoms with Crippen molar-refractivity contribution in [1.82, 2.24) is 4.98 Å². The van der Waals surface area contributed by atoms with Crippen LogP contribution in [-0.2, 0) is 10.0 Å². The van der Waals surface area contributed by atoms with E-state index in [2.05, 4.69) is 21.9 Å². The number of sulfonamides is 1. The highest BCUT2D eigenvalue weighted by atomic mass is 32.2. The van der Waals surface area contributed by atoms with E-state index >= 15 is 0 Å². The average Bonchev–Trinajstić information content (AvgIpc) is 3.19. The van der Waals surface area contributed by atoms with Gasteiger partial charge in [-0.25, -0.2) is 8.42 Å². The number of para-hydroxylation sites is 2. The van der Waals surface area contributed by atoms with Gasteiger partial charge in [-0.1, -0.05) is 24.3 Å². The second-order valence-corrected chi connectivity index (χ2v) is 10.5. The lowest BCUT2D eigenvalue weighted by atomic mass is 10.00. The van der Waals surface area contributed by atoms with Gasteiger partial charge in [0, 0.05) is 35.4 Å². The van der Waals surface area contributed by atoms with Crippen molar-refractivity contribution in [3.63, 3.8) is 0 Å². The summed E-state index contributed by atoms with van der Waals surface area (Å²) in [6, 6.07) is 21.0. The van der Waals surface area contributed by atoms with Crippen molar-refractivity contribution in [2.75, 3.05) is 27.7 Å². The van der Waals surface area contributed by atoms with Crippen LogP contribution in [0, 0.1) is 0 Å². The van der Waals surface area contributed by atoms with Crippen LogP contribution in [0.5, 0.6) is 0 Å². The van der Waals surface area contributed by atoms with Crippen molar-refractivity contribution < 1.29 is 13.2 Å². The fraction of sp³-hybridized carbons (Fsp3) is 0.192. The van der Waals surface area contributed by atoms with Crippen LogP contribution in [0.25, 0.3) is 22.0 Å². The quantitative estimate of drug-likeness (QED) is 0.385. The molecule has 7 nitrogen and oxygen atoms in total. The van der Waals surface area contributed by atoms with Gasteiger partial charge in [0.15, 0.2) is 0 Å². The van der Waals surface area contributed by atoms with Gasteiger partial charge in [-0.15, -0.1) is 0 Å². The predicted molar refractivity (Wildman–Crippen MR) is 138 cm³/mol.